The summed E-state index contributed by atoms with van der Waals surface area (Å²) in [6.07, 6.45) is -0.360. The SMILES string of the molecule is O=C(CC1CCC(F)(CCN2CCc3nc(OCC(F)F)sc3CC2)CC1)c1cccnc1C(F)F. The summed E-state index contributed by atoms with van der Waals surface area (Å²) in [7, 11) is 0. The van der Waals surface area contributed by atoms with E-state index in [-0.39, 0.29) is 28.9 Å². The highest BCUT2D eigenvalue weighted by Crippen LogP contribution is 2.40. The maximum absolute atomic E-state index is 15.5. The molecule has 0 amide bonds. The second-order valence-corrected chi connectivity index (χ2v) is 10.6. The van der Waals surface area contributed by atoms with E-state index in [0.29, 0.717) is 45.1 Å². The molecule has 2 aromatic rings. The van der Waals surface area contributed by atoms with Crippen LogP contribution in [0, 0.1) is 5.92 Å². The first-order valence-corrected chi connectivity index (χ1v) is 13.1. The molecule has 0 saturated heterocycles. The van der Waals surface area contributed by atoms with E-state index >= 15 is 4.39 Å². The van der Waals surface area contributed by atoms with Gasteiger partial charge < -0.3 is 9.64 Å². The van der Waals surface area contributed by atoms with Crippen molar-refractivity contribution < 1.29 is 31.5 Å². The molecule has 0 bridgehead atoms. The van der Waals surface area contributed by atoms with Crippen LogP contribution in [0.25, 0.3) is 0 Å². The molecule has 3 heterocycles. The van der Waals surface area contributed by atoms with Gasteiger partial charge in [0.1, 0.15) is 11.4 Å². The van der Waals surface area contributed by atoms with Crippen LogP contribution in [-0.2, 0) is 12.8 Å². The van der Waals surface area contributed by atoms with Crippen molar-refractivity contribution in [2.24, 2.45) is 5.92 Å². The standard InChI is InChI=1S/C25H30F5N3O2S/c26-21(27)15-35-24-32-18-5-11-33(12-6-20(18)36-24)13-9-25(30)7-3-16(4-8-25)14-19(34)17-2-1-10-31-22(17)23(28)29/h1-2,10,16,21,23H,3-9,11-15H2. The zero-order valence-corrected chi connectivity index (χ0v) is 20.7. The molecule has 1 saturated carbocycles. The number of carbonyl (C=O) groups excluding carboxylic acids is 1. The molecule has 1 aliphatic heterocycles. The van der Waals surface area contributed by atoms with E-state index in [1.807, 2.05) is 0 Å². The summed E-state index contributed by atoms with van der Waals surface area (Å²) in [6, 6.07) is 2.86. The third-order valence-corrected chi connectivity index (χ3v) is 8.18. The van der Waals surface area contributed by atoms with E-state index in [2.05, 4.69) is 14.9 Å². The van der Waals surface area contributed by atoms with Crippen LogP contribution in [0.1, 0.15) is 71.6 Å². The Kier molecular flexibility index (Phi) is 8.92. The predicted octanol–water partition coefficient (Wildman–Crippen LogP) is 6.08. The number of fused-ring (bicyclic) bond motifs is 1. The number of Topliss-reactive ketones (excluding diaryl/α,β-unsaturated/α-hetero) is 1. The first-order valence-electron chi connectivity index (χ1n) is 12.3. The fourth-order valence-corrected chi connectivity index (χ4v) is 5.96. The second kappa shape index (κ2) is 11.9. The first kappa shape index (κ1) is 26.9. The van der Waals surface area contributed by atoms with E-state index in [1.54, 1.807) is 0 Å². The molecular weight excluding hydrogens is 501 g/mol. The van der Waals surface area contributed by atoms with E-state index in [9.17, 15) is 22.4 Å². The van der Waals surface area contributed by atoms with Crippen molar-refractivity contribution in [1.82, 2.24) is 14.9 Å². The summed E-state index contributed by atoms with van der Waals surface area (Å²) in [5, 5.41) is 0.278. The Balaban J connectivity index is 1.21. The van der Waals surface area contributed by atoms with E-state index in [0.717, 1.165) is 30.1 Å². The topological polar surface area (TPSA) is 55.3 Å². The van der Waals surface area contributed by atoms with Crippen LogP contribution < -0.4 is 4.74 Å². The van der Waals surface area contributed by atoms with Crippen molar-refractivity contribution in [3.05, 3.63) is 40.2 Å². The number of thiazole rings is 1. The Labute approximate surface area is 211 Å². The highest BCUT2D eigenvalue weighted by molar-refractivity contribution is 7.13. The highest BCUT2D eigenvalue weighted by Gasteiger charge is 2.36. The van der Waals surface area contributed by atoms with Gasteiger partial charge in [0.05, 0.1) is 5.69 Å². The average Bonchev–Trinajstić information content (AvgIpc) is 3.15. The molecule has 2 aromatic heterocycles. The van der Waals surface area contributed by atoms with Crippen molar-refractivity contribution in [3.63, 3.8) is 0 Å². The molecule has 0 spiro atoms. The van der Waals surface area contributed by atoms with Gasteiger partial charge in [0, 0.05) is 49.1 Å². The van der Waals surface area contributed by atoms with Crippen LogP contribution in [0.15, 0.2) is 18.3 Å². The number of rotatable bonds is 10. The quantitative estimate of drug-likeness (QED) is 0.275. The lowest BCUT2D eigenvalue weighted by atomic mass is 9.76. The minimum atomic E-state index is -2.81. The fourth-order valence-electron chi connectivity index (χ4n) is 5.01. The number of pyridine rings is 1. The molecule has 11 heteroatoms. The van der Waals surface area contributed by atoms with Gasteiger partial charge in [0.15, 0.2) is 12.4 Å². The van der Waals surface area contributed by atoms with Gasteiger partial charge in [-0.2, -0.15) is 0 Å². The molecule has 4 rings (SSSR count). The number of carbonyl (C=O) groups is 1. The number of hydrogen-bond acceptors (Lipinski definition) is 6. The van der Waals surface area contributed by atoms with Crippen molar-refractivity contribution in [2.75, 3.05) is 26.2 Å². The van der Waals surface area contributed by atoms with Gasteiger partial charge in [0.25, 0.3) is 18.0 Å². The van der Waals surface area contributed by atoms with E-state index in [1.165, 1.54) is 29.7 Å². The largest absolute Gasteiger partial charge is 0.464 e. The van der Waals surface area contributed by atoms with Crippen molar-refractivity contribution in [3.8, 4) is 5.19 Å². The van der Waals surface area contributed by atoms with Gasteiger partial charge in [-0.15, -0.1) is 0 Å². The Bertz CT molecular complexity index is 1000. The van der Waals surface area contributed by atoms with Gasteiger partial charge in [-0.05, 0) is 56.6 Å². The lowest BCUT2D eigenvalue weighted by Crippen LogP contribution is -2.36. The molecule has 2 aliphatic rings. The van der Waals surface area contributed by atoms with Gasteiger partial charge in [-0.3, -0.25) is 9.78 Å². The Morgan fingerprint density at radius 3 is 2.67 bits per heavy atom. The summed E-state index contributed by atoms with van der Waals surface area (Å²) in [6.45, 7) is 1.41. The van der Waals surface area contributed by atoms with Crippen LogP contribution in [0.2, 0.25) is 0 Å². The number of aromatic nitrogens is 2. The molecule has 0 radical (unpaired) electrons. The molecule has 36 heavy (non-hydrogen) atoms. The summed E-state index contributed by atoms with van der Waals surface area (Å²) in [4.78, 5) is 23.8. The van der Waals surface area contributed by atoms with Gasteiger partial charge in [-0.1, -0.05) is 11.3 Å². The fraction of sp³-hybridized carbons (Fsp3) is 0.640. The zero-order chi connectivity index (χ0) is 25.7. The molecule has 0 unspecified atom stereocenters. The van der Waals surface area contributed by atoms with Gasteiger partial charge in [-0.25, -0.2) is 26.9 Å². The Hall–Kier alpha value is -2.14. The molecule has 1 aliphatic carbocycles. The third-order valence-electron chi connectivity index (χ3n) is 7.11. The smallest absolute Gasteiger partial charge is 0.281 e. The number of ketones is 1. The van der Waals surface area contributed by atoms with Gasteiger partial charge >= 0.3 is 0 Å². The first-order chi connectivity index (χ1) is 17.2. The summed E-state index contributed by atoms with van der Waals surface area (Å²) in [5.74, 6) is -0.378. The summed E-state index contributed by atoms with van der Waals surface area (Å²) < 4.78 is 71.6. The lowest BCUT2D eigenvalue weighted by molar-refractivity contribution is 0.0571. The number of ether oxygens (including phenoxy) is 1. The number of halogens is 5. The van der Waals surface area contributed by atoms with E-state index < -0.39 is 30.8 Å². The van der Waals surface area contributed by atoms with Crippen LogP contribution in [0.3, 0.4) is 0 Å². The number of alkyl halides is 5. The Morgan fingerprint density at radius 2 is 1.94 bits per heavy atom. The summed E-state index contributed by atoms with van der Waals surface area (Å²) >= 11 is 1.30. The van der Waals surface area contributed by atoms with Crippen molar-refractivity contribution in [1.29, 1.82) is 0 Å². The highest BCUT2D eigenvalue weighted by atomic mass is 32.1. The zero-order valence-electron chi connectivity index (χ0n) is 19.9. The molecule has 0 N–H and O–H groups in total. The van der Waals surface area contributed by atoms with Crippen molar-refractivity contribution >= 4 is 17.1 Å². The average molecular weight is 532 g/mol. The molecule has 1 fully saturated rings. The van der Waals surface area contributed by atoms with Crippen molar-refractivity contribution in [2.45, 2.75) is 69.9 Å². The van der Waals surface area contributed by atoms with Crippen LogP contribution in [0.5, 0.6) is 5.19 Å². The van der Waals surface area contributed by atoms with Crippen LogP contribution in [-0.4, -0.2) is 59.0 Å². The third kappa shape index (κ3) is 7.00. The monoisotopic (exact) mass is 531 g/mol. The minimum absolute atomic E-state index is 0.0196. The normalized spacial score (nSPS) is 23.0. The van der Waals surface area contributed by atoms with Crippen LogP contribution in [0.4, 0.5) is 22.0 Å². The van der Waals surface area contributed by atoms with Crippen LogP contribution >= 0.6 is 11.3 Å². The maximum Gasteiger partial charge on any atom is 0.281 e. The Morgan fingerprint density at radius 1 is 1.19 bits per heavy atom. The second-order valence-electron chi connectivity index (χ2n) is 9.60. The predicted molar refractivity (Wildman–Crippen MR) is 126 cm³/mol. The summed E-state index contributed by atoms with van der Waals surface area (Å²) in [5.41, 5.74) is -0.956. The van der Waals surface area contributed by atoms with E-state index in [4.69, 9.17) is 4.74 Å². The maximum atomic E-state index is 15.5. The molecule has 0 atom stereocenters. The number of nitrogens with zero attached hydrogens (tertiary/aromatic N) is 3. The lowest BCUT2D eigenvalue weighted by Gasteiger charge is -2.35. The molecule has 0 aromatic carbocycles. The number of hydrogen-bond donors (Lipinski definition) is 0. The molecule has 198 valence electrons. The molecule has 5 nitrogen and oxygen atoms in total. The van der Waals surface area contributed by atoms with Gasteiger partial charge in [0.2, 0.25) is 0 Å². The minimum Gasteiger partial charge on any atom is -0.464 e. The molecular formula is C25H30F5N3O2S.